The number of benzene rings is 2. The van der Waals surface area contributed by atoms with E-state index in [1.807, 2.05) is 25.1 Å². The molecule has 0 saturated carbocycles. The number of likely N-dealkylation sites (N-methyl/N-ethyl adjacent to an activating group) is 1. The molecule has 2 atom stereocenters. The summed E-state index contributed by atoms with van der Waals surface area (Å²) >= 11 is 9.15. The number of hydrogen-bond acceptors (Lipinski definition) is 6. The third kappa shape index (κ3) is 4.21. The minimum Gasteiger partial charge on any atom is -0.353 e. The summed E-state index contributed by atoms with van der Waals surface area (Å²) in [7, 11) is 4.17. The van der Waals surface area contributed by atoms with Crippen LogP contribution < -0.4 is 9.80 Å². The zero-order valence-corrected chi connectivity index (χ0v) is 25.2. The highest BCUT2D eigenvalue weighted by molar-refractivity contribution is 14.1. The number of anilines is 2. The largest absolute Gasteiger partial charge is 0.353 e. The Labute approximate surface area is 240 Å². The molecule has 7 nitrogen and oxygen atoms in total. The summed E-state index contributed by atoms with van der Waals surface area (Å²) in [5, 5.41) is 9.32. The highest BCUT2D eigenvalue weighted by Crippen LogP contribution is 2.44. The number of hydrogen-bond donors (Lipinski definition) is 1. The number of halogens is 3. The lowest BCUT2D eigenvalue weighted by Gasteiger charge is -2.43. The summed E-state index contributed by atoms with van der Waals surface area (Å²) in [6, 6.07) is 6.50. The predicted octanol–water partition coefficient (Wildman–Crippen LogP) is 6.25. The van der Waals surface area contributed by atoms with Gasteiger partial charge in [0.15, 0.2) is 5.82 Å². The van der Waals surface area contributed by atoms with Crippen molar-refractivity contribution in [2.45, 2.75) is 45.7 Å². The summed E-state index contributed by atoms with van der Waals surface area (Å²) in [6.07, 6.45) is 2.25. The molecule has 2 aliphatic rings. The van der Waals surface area contributed by atoms with Crippen LogP contribution in [-0.2, 0) is 0 Å². The molecule has 1 N–H and O–H groups in total. The molecule has 38 heavy (non-hydrogen) atoms. The maximum absolute atomic E-state index is 16.8. The number of aryl methyl sites for hydroxylation is 1. The van der Waals surface area contributed by atoms with Crippen molar-refractivity contribution in [3.8, 4) is 11.1 Å². The second kappa shape index (κ2) is 9.75. The van der Waals surface area contributed by atoms with E-state index in [0.29, 0.717) is 45.4 Å². The Morgan fingerprint density at radius 2 is 1.87 bits per heavy atom. The van der Waals surface area contributed by atoms with Gasteiger partial charge < -0.3 is 14.7 Å². The summed E-state index contributed by atoms with van der Waals surface area (Å²) in [4.78, 5) is 16.6. The van der Waals surface area contributed by atoms with Crippen molar-refractivity contribution in [1.29, 1.82) is 0 Å². The second-order valence-electron chi connectivity index (χ2n) is 11.2. The van der Waals surface area contributed by atoms with Crippen LogP contribution in [0.15, 0.2) is 18.2 Å². The van der Waals surface area contributed by atoms with Crippen LogP contribution in [-0.4, -0.2) is 70.9 Å². The number of piperidine rings is 1. The van der Waals surface area contributed by atoms with Crippen LogP contribution in [0.5, 0.6) is 0 Å². The highest BCUT2D eigenvalue weighted by atomic mass is 127. The van der Waals surface area contributed by atoms with Crippen molar-refractivity contribution < 1.29 is 4.39 Å². The fraction of sp³-hybridized carbons (Fsp3) is 0.464. The molecule has 2 aliphatic heterocycles. The number of nitrogens with one attached hydrogen (secondary N) is 1. The van der Waals surface area contributed by atoms with E-state index in [2.05, 4.69) is 75.4 Å². The van der Waals surface area contributed by atoms with E-state index in [0.717, 1.165) is 57.6 Å². The van der Waals surface area contributed by atoms with E-state index in [9.17, 15) is 0 Å². The first-order valence-electron chi connectivity index (χ1n) is 13.1. The molecule has 2 aromatic heterocycles. The Balaban J connectivity index is 1.60. The van der Waals surface area contributed by atoms with Crippen LogP contribution in [0, 0.1) is 22.4 Å². The molecule has 0 aliphatic carbocycles. The van der Waals surface area contributed by atoms with Crippen LogP contribution in [0.4, 0.5) is 16.2 Å². The molecule has 2 saturated heterocycles. The van der Waals surface area contributed by atoms with Gasteiger partial charge in [-0.25, -0.2) is 9.37 Å². The van der Waals surface area contributed by atoms with E-state index in [1.54, 1.807) is 0 Å². The van der Waals surface area contributed by atoms with Crippen molar-refractivity contribution in [3.63, 3.8) is 0 Å². The number of aromatic amines is 1. The molecule has 0 unspecified atom stereocenters. The van der Waals surface area contributed by atoms with Crippen molar-refractivity contribution in [2.24, 2.45) is 5.92 Å². The average Bonchev–Trinajstić information content (AvgIpc) is 3.21. The third-order valence-electron chi connectivity index (χ3n) is 8.25. The van der Waals surface area contributed by atoms with Crippen LogP contribution in [0.3, 0.4) is 0 Å². The molecule has 10 heteroatoms. The van der Waals surface area contributed by atoms with E-state index >= 15 is 4.39 Å². The molecule has 6 rings (SSSR count). The standard InChI is InChI=1S/C28H32ClFIN7/c1-14-6-8-16(3)38(11-14)27-18-10-19(29)22(21-15(2)7-9-20-23(21)26(31)35-34-20)24(30)25(18)32-28(33-27)37-12-17(13-37)36(4)5/h7,9-10,14,16-17H,6,8,11-13H2,1-5H3,(H,34,35)/t14-,16-/m0/s1. The lowest BCUT2D eigenvalue weighted by molar-refractivity contribution is 0.245. The fourth-order valence-corrected chi connectivity index (χ4v) is 6.74. The van der Waals surface area contributed by atoms with E-state index in [-0.39, 0.29) is 0 Å². The van der Waals surface area contributed by atoms with Crippen molar-refractivity contribution in [3.05, 3.63) is 38.3 Å². The predicted molar refractivity (Wildman–Crippen MR) is 162 cm³/mol. The van der Waals surface area contributed by atoms with E-state index < -0.39 is 5.82 Å². The first-order chi connectivity index (χ1) is 18.1. The second-order valence-corrected chi connectivity index (χ2v) is 12.7. The third-order valence-corrected chi connectivity index (χ3v) is 9.33. The number of nitrogens with zero attached hydrogens (tertiary/aromatic N) is 6. The molecule has 4 heterocycles. The Bertz CT molecular complexity index is 1550. The molecular formula is C28H32ClFIN7. The van der Waals surface area contributed by atoms with E-state index in [1.165, 1.54) is 6.42 Å². The Kier molecular flexibility index (Phi) is 6.67. The molecule has 2 fully saturated rings. The number of H-pyrrole nitrogens is 1. The smallest absolute Gasteiger partial charge is 0.228 e. The van der Waals surface area contributed by atoms with Gasteiger partial charge in [0.1, 0.15) is 15.0 Å². The van der Waals surface area contributed by atoms with Crippen LogP contribution in [0.2, 0.25) is 5.02 Å². The van der Waals surface area contributed by atoms with Crippen LogP contribution in [0.1, 0.15) is 32.3 Å². The summed E-state index contributed by atoms with van der Waals surface area (Å²) in [5.41, 5.74) is 3.15. The molecule has 0 spiro atoms. The maximum Gasteiger partial charge on any atom is 0.228 e. The minimum atomic E-state index is -0.410. The molecule has 4 aromatic rings. The zero-order chi connectivity index (χ0) is 26.9. The molecular weight excluding hydrogens is 616 g/mol. The van der Waals surface area contributed by atoms with Gasteiger partial charge in [0.2, 0.25) is 5.95 Å². The maximum atomic E-state index is 16.8. The SMILES string of the molecule is Cc1ccc2n[nH]c(I)c2c1-c1c(Cl)cc2c(N3C[C@@H](C)CC[C@@H]3C)nc(N3CC(N(C)C)C3)nc2c1F. The van der Waals surface area contributed by atoms with E-state index in [4.69, 9.17) is 21.6 Å². The quantitative estimate of drug-likeness (QED) is 0.264. The number of rotatable bonds is 4. The van der Waals surface area contributed by atoms with Gasteiger partial charge in [0, 0.05) is 53.6 Å². The van der Waals surface area contributed by atoms with Crippen LogP contribution >= 0.6 is 34.2 Å². The van der Waals surface area contributed by atoms with Gasteiger partial charge in [-0.1, -0.05) is 24.6 Å². The molecule has 0 radical (unpaired) electrons. The van der Waals surface area contributed by atoms with Gasteiger partial charge in [-0.05, 0) is 87.0 Å². The molecule has 200 valence electrons. The zero-order valence-electron chi connectivity index (χ0n) is 22.3. The van der Waals surface area contributed by atoms with Crippen molar-refractivity contribution >= 4 is 67.8 Å². The summed E-state index contributed by atoms with van der Waals surface area (Å²) in [5.74, 6) is 1.48. The Hall–Kier alpha value is -2.24. The Morgan fingerprint density at radius 1 is 1.11 bits per heavy atom. The van der Waals surface area contributed by atoms with Gasteiger partial charge in [0.05, 0.1) is 10.5 Å². The van der Waals surface area contributed by atoms with Gasteiger partial charge in [-0.2, -0.15) is 10.1 Å². The minimum absolute atomic E-state index is 0.299. The summed E-state index contributed by atoms with van der Waals surface area (Å²) in [6.45, 7) is 8.98. The molecule has 0 amide bonds. The number of fused-ring (bicyclic) bond motifs is 2. The fourth-order valence-electron chi connectivity index (χ4n) is 5.79. The highest BCUT2D eigenvalue weighted by Gasteiger charge is 2.34. The molecule has 0 bridgehead atoms. The number of aromatic nitrogens is 4. The Morgan fingerprint density at radius 3 is 2.61 bits per heavy atom. The first kappa shape index (κ1) is 26.0. The normalized spacial score (nSPS) is 20.7. The molecule has 2 aromatic carbocycles. The topological polar surface area (TPSA) is 64.2 Å². The first-order valence-corrected chi connectivity index (χ1v) is 14.6. The van der Waals surface area contributed by atoms with Crippen molar-refractivity contribution in [2.75, 3.05) is 43.5 Å². The van der Waals surface area contributed by atoms with Gasteiger partial charge in [-0.3, -0.25) is 5.10 Å². The van der Waals surface area contributed by atoms with Crippen LogP contribution in [0.25, 0.3) is 32.9 Å². The van der Waals surface area contributed by atoms with Gasteiger partial charge in [-0.15, -0.1) is 0 Å². The lowest BCUT2D eigenvalue weighted by atomic mass is 9.93. The van der Waals surface area contributed by atoms with Gasteiger partial charge in [0.25, 0.3) is 0 Å². The van der Waals surface area contributed by atoms with Crippen molar-refractivity contribution in [1.82, 2.24) is 25.1 Å². The monoisotopic (exact) mass is 647 g/mol. The lowest BCUT2D eigenvalue weighted by Crippen LogP contribution is -2.58. The summed E-state index contributed by atoms with van der Waals surface area (Å²) < 4.78 is 17.6. The average molecular weight is 648 g/mol. The van der Waals surface area contributed by atoms with Gasteiger partial charge >= 0.3 is 0 Å².